The summed E-state index contributed by atoms with van der Waals surface area (Å²) in [4.78, 5) is 15.2. The minimum atomic E-state index is -0.0810. The van der Waals surface area contributed by atoms with E-state index in [0.717, 1.165) is 22.1 Å². The molecular weight excluding hydrogens is 418 g/mol. The number of anilines is 1. The van der Waals surface area contributed by atoms with Gasteiger partial charge in [-0.15, -0.1) is 23.5 Å². The minimum absolute atomic E-state index is 0.0810. The van der Waals surface area contributed by atoms with Crippen molar-refractivity contribution >= 4 is 35.1 Å². The molecule has 0 spiro atoms. The normalized spacial score (nSPS) is 10.6. The Morgan fingerprint density at radius 2 is 1.19 bits per heavy atom. The van der Waals surface area contributed by atoms with E-state index in [2.05, 4.69) is 53.8 Å². The summed E-state index contributed by atoms with van der Waals surface area (Å²) < 4.78 is 0. The number of hydrogen-bond acceptors (Lipinski definition) is 3. The third-order valence-corrected chi connectivity index (χ3v) is 6.96. The van der Waals surface area contributed by atoms with Gasteiger partial charge in [0.1, 0.15) is 0 Å². The summed E-state index contributed by atoms with van der Waals surface area (Å²) in [7, 11) is 0. The van der Waals surface area contributed by atoms with Gasteiger partial charge in [0.2, 0.25) is 0 Å². The van der Waals surface area contributed by atoms with Gasteiger partial charge in [-0.05, 0) is 47.5 Å². The van der Waals surface area contributed by atoms with Gasteiger partial charge in [0.15, 0.2) is 0 Å². The lowest BCUT2D eigenvalue weighted by Crippen LogP contribution is -2.13. The number of benzene rings is 4. The van der Waals surface area contributed by atoms with Gasteiger partial charge in [-0.25, -0.2) is 0 Å². The number of carbonyl (C=O) groups is 1. The number of hydrogen-bond donors (Lipinski definition) is 1. The lowest BCUT2D eigenvalue weighted by molar-refractivity contribution is 0.102. The summed E-state index contributed by atoms with van der Waals surface area (Å²) in [6.07, 6.45) is 0. The summed E-state index contributed by atoms with van der Waals surface area (Å²) in [5.41, 5.74) is 3.98. The van der Waals surface area contributed by atoms with Gasteiger partial charge in [-0.2, -0.15) is 0 Å². The molecule has 4 heteroatoms. The maximum atomic E-state index is 12.9. The molecule has 0 heterocycles. The average molecular weight is 442 g/mol. The Morgan fingerprint density at radius 1 is 0.613 bits per heavy atom. The molecule has 0 aliphatic rings. The van der Waals surface area contributed by atoms with E-state index in [1.165, 1.54) is 16.0 Å². The predicted octanol–water partition coefficient (Wildman–Crippen LogP) is 7.52. The van der Waals surface area contributed by atoms with Crippen LogP contribution in [0.2, 0.25) is 0 Å². The zero-order valence-corrected chi connectivity index (χ0v) is 18.7. The topological polar surface area (TPSA) is 29.1 Å². The zero-order valence-electron chi connectivity index (χ0n) is 17.0. The quantitative estimate of drug-likeness (QED) is 0.287. The molecule has 2 nitrogen and oxygen atoms in total. The molecule has 4 rings (SSSR count). The van der Waals surface area contributed by atoms with Crippen LogP contribution in [-0.4, -0.2) is 5.91 Å². The second-order valence-corrected chi connectivity index (χ2v) is 9.09. The average Bonchev–Trinajstić information content (AvgIpc) is 2.84. The van der Waals surface area contributed by atoms with Crippen LogP contribution in [0, 0.1) is 0 Å². The summed E-state index contributed by atoms with van der Waals surface area (Å²) in [6.45, 7) is 0. The molecule has 0 aliphatic heterocycles. The molecule has 31 heavy (non-hydrogen) atoms. The molecule has 0 fully saturated rings. The second-order valence-electron chi connectivity index (χ2n) is 7.02. The van der Waals surface area contributed by atoms with Gasteiger partial charge in [-0.3, -0.25) is 4.79 Å². The standard InChI is InChI=1S/C27H23NOS2/c29-27(25-13-7-8-14-26(25)31-20-21-9-3-1-4-10-21)28-23-17-15-22(16-18-23)19-30-24-11-5-2-6-12-24/h1-18H,19-20H2,(H,28,29). The van der Waals surface area contributed by atoms with Gasteiger partial charge >= 0.3 is 0 Å². The van der Waals surface area contributed by atoms with E-state index in [9.17, 15) is 4.79 Å². The Bertz CT molecular complexity index is 1110. The van der Waals surface area contributed by atoms with Crippen LogP contribution in [0.3, 0.4) is 0 Å². The Hall–Kier alpha value is -2.95. The first-order chi connectivity index (χ1) is 15.3. The molecular formula is C27H23NOS2. The third-order valence-electron chi connectivity index (χ3n) is 4.73. The highest BCUT2D eigenvalue weighted by atomic mass is 32.2. The Balaban J connectivity index is 1.37. The molecule has 1 amide bonds. The van der Waals surface area contributed by atoms with Crippen LogP contribution < -0.4 is 5.32 Å². The molecule has 0 radical (unpaired) electrons. The summed E-state index contributed by atoms with van der Waals surface area (Å²) in [6, 6.07) is 36.5. The highest BCUT2D eigenvalue weighted by Crippen LogP contribution is 2.27. The first-order valence-corrected chi connectivity index (χ1v) is 12.1. The number of thioether (sulfide) groups is 2. The Kier molecular flexibility index (Phi) is 7.48. The van der Waals surface area contributed by atoms with E-state index in [1.807, 2.05) is 60.7 Å². The maximum absolute atomic E-state index is 12.9. The highest BCUT2D eigenvalue weighted by Gasteiger charge is 2.12. The zero-order chi connectivity index (χ0) is 21.3. The van der Waals surface area contributed by atoms with Crippen LogP contribution in [-0.2, 0) is 11.5 Å². The summed E-state index contributed by atoms with van der Waals surface area (Å²) in [5.74, 6) is 1.65. The highest BCUT2D eigenvalue weighted by molar-refractivity contribution is 7.98. The van der Waals surface area contributed by atoms with Crippen LogP contribution in [0.1, 0.15) is 21.5 Å². The van der Waals surface area contributed by atoms with Crippen molar-refractivity contribution in [3.8, 4) is 0 Å². The number of rotatable bonds is 8. The molecule has 0 aromatic heterocycles. The molecule has 0 aliphatic carbocycles. The van der Waals surface area contributed by atoms with Crippen LogP contribution in [0.25, 0.3) is 0 Å². The van der Waals surface area contributed by atoms with E-state index >= 15 is 0 Å². The van der Waals surface area contributed by atoms with Gasteiger partial charge < -0.3 is 5.32 Å². The van der Waals surface area contributed by atoms with Gasteiger partial charge in [0.25, 0.3) is 5.91 Å². The van der Waals surface area contributed by atoms with Crippen LogP contribution in [0.5, 0.6) is 0 Å². The first kappa shape index (κ1) is 21.3. The van der Waals surface area contributed by atoms with Crippen molar-refractivity contribution in [2.45, 2.75) is 21.3 Å². The maximum Gasteiger partial charge on any atom is 0.256 e. The van der Waals surface area contributed by atoms with E-state index in [4.69, 9.17) is 0 Å². The third kappa shape index (κ3) is 6.27. The Labute approximate surface area is 192 Å². The molecule has 154 valence electrons. The van der Waals surface area contributed by atoms with E-state index in [0.29, 0.717) is 5.56 Å². The van der Waals surface area contributed by atoms with E-state index in [-0.39, 0.29) is 5.91 Å². The predicted molar refractivity (Wildman–Crippen MR) is 133 cm³/mol. The smallest absolute Gasteiger partial charge is 0.256 e. The van der Waals surface area contributed by atoms with E-state index < -0.39 is 0 Å². The number of nitrogens with one attached hydrogen (secondary N) is 1. The van der Waals surface area contributed by atoms with Crippen molar-refractivity contribution in [2.24, 2.45) is 0 Å². The molecule has 0 unspecified atom stereocenters. The molecule has 0 saturated carbocycles. The fourth-order valence-corrected chi connectivity index (χ4v) is 4.96. The molecule has 0 atom stereocenters. The number of amides is 1. The molecule has 4 aromatic carbocycles. The van der Waals surface area contributed by atoms with Crippen molar-refractivity contribution in [3.05, 3.63) is 126 Å². The fraction of sp³-hybridized carbons (Fsp3) is 0.0741. The lowest BCUT2D eigenvalue weighted by Gasteiger charge is -2.11. The molecule has 0 saturated heterocycles. The van der Waals surface area contributed by atoms with Crippen molar-refractivity contribution in [1.29, 1.82) is 0 Å². The molecule has 4 aromatic rings. The summed E-state index contributed by atoms with van der Waals surface area (Å²) >= 11 is 3.49. The first-order valence-electron chi connectivity index (χ1n) is 10.1. The van der Waals surface area contributed by atoms with Gasteiger partial charge in [0, 0.05) is 27.0 Å². The van der Waals surface area contributed by atoms with Crippen molar-refractivity contribution in [1.82, 2.24) is 0 Å². The van der Waals surface area contributed by atoms with Gasteiger partial charge in [-0.1, -0.05) is 72.8 Å². The molecule has 0 bridgehead atoms. The second kappa shape index (κ2) is 10.9. The van der Waals surface area contributed by atoms with Crippen LogP contribution >= 0.6 is 23.5 Å². The van der Waals surface area contributed by atoms with Crippen molar-refractivity contribution in [2.75, 3.05) is 5.32 Å². The monoisotopic (exact) mass is 441 g/mol. The van der Waals surface area contributed by atoms with Crippen LogP contribution in [0.4, 0.5) is 5.69 Å². The van der Waals surface area contributed by atoms with E-state index in [1.54, 1.807) is 23.5 Å². The largest absolute Gasteiger partial charge is 0.322 e. The summed E-state index contributed by atoms with van der Waals surface area (Å²) in [5, 5.41) is 3.04. The molecule has 1 N–H and O–H groups in total. The fourth-order valence-electron chi connectivity index (χ4n) is 3.08. The van der Waals surface area contributed by atoms with Gasteiger partial charge in [0.05, 0.1) is 5.56 Å². The van der Waals surface area contributed by atoms with Crippen molar-refractivity contribution < 1.29 is 4.79 Å². The minimum Gasteiger partial charge on any atom is -0.322 e. The number of carbonyl (C=O) groups excluding carboxylic acids is 1. The van der Waals surface area contributed by atoms with Crippen molar-refractivity contribution in [3.63, 3.8) is 0 Å². The SMILES string of the molecule is O=C(Nc1ccc(CSc2ccccc2)cc1)c1ccccc1SCc1ccccc1. The van der Waals surface area contributed by atoms with Crippen LogP contribution in [0.15, 0.2) is 119 Å². The Morgan fingerprint density at radius 3 is 1.94 bits per heavy atom. The lowest BCUT2D eigenvalue weighted by atomic mass is 10.2.